The molecule has 1 rings (SSSR count). The van der Waals surface area contributed by atoms with Crippen LogP contribution >= 0.6 is 0 Å². The molecular formula is C15H27N3O3. The number of piperidine rings is 1. The maximum atomic E-state index is 12.2. The van der Waals surface area contributed by atoms with Gasteiger partial charge in [-0.25, -0.2) is 0 Å². The van der Waals surface area contributed by atoms with E-state index in [9.17, 15) is 14.4 Å². The Bertz CT molecular complexity index is 363. The third-order valence-electron chi connectivity index (χ3n) is 3.70. The van der Waals surface area contributed by atoms with Crippen molar-refractivity contribution < 1.29 is 14.4 Å². The summed E-state index contributed by atoms with van der Waals surface area (Å²) < 4.78 is 0. The highest BCUT2D eigenvalue weighted by atomic mass is 16.2. The minimum absolute atomic E-state index is 0.0269. The molecule has 0 radical (unpaired) electrons. The second kappa shape index (κ2) is 8.77. The number of likely N-dealkylation sites (N-methyl/N-ethyl adjacent to an activating group) is 1. The van der Waals surface area contributed by atoms with E-state index in [1.54, 1.807) is 4.90 Å². The van der Waals surface area contributed by atoms with Crippen LogP contribution in [-0.4, -0.2) is 66.7 Å². The Morgan fingerprint density at radius 1 is 1.33 bits per heavy atom. The van der Waals surface area contributed by atoms with Crippen molar-refractivity contribution in [3.05, 3.63) is 0 Å². The summed E-state index contributed by atoms with van der Waals surface area (Å²) in [6, 6.07) is 0.0775. The third-order valence-corrected chi connectivity index (χ3v) is 3.70. The molecule has 0 spiro atoms. The number of hydrogen-bond donors (Lipinski definition) is 1. The SMILES string of the molecule is CCN(CC(=O)NC(C)C)C(=O)CN1CCC(C=O)CC1. The third kappa shape index (κ3) is 6.25. The zero-order chi connectivity index (χ0) is 15.8. The number of nitrogens with one attached hydrogen (secondary N) is 1. The number of amides is 2. The van der Waals surface area contributed by atoms with Crippen molar-refractivity contribution >= 4 is 18.1 Å². The molecule has 0 unspecified atom stereocenters. The molecule has 2 amide bonds. The number of likely N-dealkylation sites (tertiary alicyclic amines) is 1. The van der Waals surface area contributed by atoms with Crippen molar-refractivity contribution in [3.8, 4) is 0 Å². The number of rotatable bonds is 7. The summed E-state index contributed by atoms with van der Waals surface area (Å²) in [5.74, 6) is -0.0173. The predicted octanol–water partition coefficient (Wildman–Crippen LogP) is 0.270. The van der Waals surface area contributed by atoms with Crippen LogP contribution in [0.3, 0.4) is 0 Å². The minimum Gasteiger partial charge on any atom is -0.352 e. The van der Waals surface area contributed by atoms with Gasteiger partial charge in [0.2, 0.25) is 11.8 Å². The zero-order valence-electron chi connectivity index (χ0n) is 13.3. The Hall–Kier alpha value is -1.43. The van der Waals surface area contributed by atoms with Gasteiger partial charge in [0, 0.05) is 18.5 Å². The van der Waals surface area contributed by atoms with Crippen LogP contribution in [0.15, 0.2) is 0 Å². The summed E-state index contributed by atoms with van der Waals surface area (Å²) in [6.07, 6.45) is 2.64. The normalized spacial score (nSPS) is 16.8. The Balaban J connectivity index is 2.41. The first-order valence-corrected chi connectivity index (χ1v) is 7.71. The smallest absolute Gasteiger partial charge is 0.239 e. The minimum atomic E-state index is -0.125. The molecule has 0 atom stereocenters. The van der Waals surface area contributed by atoms with Crippen molar-refractivity contribution in [2.24, 2.45) is 5.92 Å². The fourth-order valence-corrected chi connectivity index (χ4v) is 2.46. The van der Waals surface area contributed by atoms with Gasteiger partial charge in [0.15, 0.2) is 0 Å². The molecule has 21 heavy (non-hydrogen) atoms. The number of carbonyl (C=O) groups is 3. The number of aldehydes is 1. The average Bonchev–Trinajstić information content (AvgIpc) is 2.44. The number of carbonyl (C=O) groups excluding carboxylic acids is 3. The fraction of sp³-hybridized carbons (Fsp3) is 0.800. The Kier molecular flexibility index (Phi) is 7.36. The van der Waals surface area contributed by atoms with Crippen LogP contribution in [0.2, 0.25) is 0 Å². The molecule has 0 bridgehead atoms. The van der Waals surface area contributed by atoms with E-state index in [1.165, 1.54) is 0 Å². The van der Waals surface area contributed by atoms with Crippen molar-refractivity contribution in [1.29, 1.82) is 0 Å². The van der Waals surface area contributed by atoms with E-state index in [0.717, 1.165) is 32.2 Å². The van der Waals surface area contributed by atoms with Crippen LogP contribution in [0.5, 0.6) is 0 Å². The predicted molar refractivity (Wildman–Crippen MR) is 80.8 cm³/mol. The largest absolute Gasteiger partial charge is 0.352 e. The molecule has 1 fully saturated rings. The number of hydrogen-bond acceptors (Lipinski definition) is 4. The molecule has 1 aliphatic heterocycles. The molecular weight excluding hydrogens is 270 g/mol. The second-order valence-electron chi connectivity index (χ2n) is 5.88. The van der Waals surface area contributed by atoms with E-state index >= 15 is 0 Å². The van der Waals surface area contributed by atoms with Crippen LogP contribution < -0.4 is 5.32 Å². The highest BCUT2D eigenvalue weighted by Crippen LogP contribution is 2.14. The fourth-order valence-electron chi connectivity index (χ4n) is 2.46. The lowest BCUT2D eigenvalue weighted by Gasteiger charge is -2.31. The van der Waals surface area contributed by atoms with Gasteiger partial charge in [0.1, 0.15) is 6.29 Å². The molecule has 1 saturated heterocycles. The van der Waals surface area contributed by atoms with Gasteiger partial charge in [-0.05, 0) is 46.7 Å². The van der Waals surface area contributed by atoms with E-state index in [-0.39, 0.29) is 30.3 Å². The van der Waals surface area contributed by atoms with Crippen LogP contribution in [0.1, 0.15) is 33.6 Å². The van der Waals surface area contributed by atoms with Crippen LogP contribution in [0.25, 0.3) is 0 Å². The highest BCUT2D eigenvalue weighted by molar-refractivity contribution is 5.85. The zero-order valence-corrected chi connectivity index (χ0v) is 13.3. The van der Waals surface area contributed by atoms with Crippen molar-refractivity contribution in [3.63, 3.8) is 0 Å². The van der Waals surface area contributed by atoms with E-state index < -0.39 is 0 Å². The molecule has 0 aromatic rings. The molecule has 120 valence electrons. The van der Waals surface area contributed by atoms with E-state index in [0.29, 0.717) is 13.1 Å². The van der Waals surface area contributed by atoms with Crippen molar-refractivity contribution in [1.82, 2.24) is 15.1 Å². The molecule has 0 aliphatic carbocycles. The van der Waals surface area contributed by atoms with Crippen LogP contribution in [0, 0.1) is 5.92 Å². The lowest BCUT2D eigenvalue weighted by molar-refractivity contribution is -0.137. The average molecular weight is 297 g/mol. The summed E-state index contributed by atoms with van der Waals surface area (Å²) in [5, 5.41) is 2.79. The summed E-state index contributed by atoms with van der Waals surface area (Å²) in [5.41, 5.74) is 0. The van der Waals surface area contributed by atoms with Crippen LogP contribution in [0.4, 0.5) is 0 Å². The summed E-state index contributed by atoms with van der Waals surface area (Å²) >= 11 is 0. The molecule has 0 aromatic carbocycles. The van der Waals surface area contributed by atoms with Crippen molar-refractivity contribution in [2.45, 2.75) is 39.7 Å². The Morgan fingerprint density at radius 2 is 1.95 bits per heavy atom. The lowest BCUT2D eigenvalue weighted by Crippen LogP contribution is -2.47. The first kappa shape index (κ1) is 17.6. The summed E-state index contributed by atoms with van der Waals surface area (Å²) in [6.45, 7) is 8.16. The Labute approximate surface area is 126 Å². The monoisotopic (exact) mass is 297 g/mol. The van der Waals surface area contributed by atoms with E-state index in [1.807, 2.05) is 20.8 Å². The van der Waals surface area contributed by atoms with Crippen molar-refractivity contribution in [2.75, 3.05) is 32.7 Å². The first-order chi connectivity index (χ1) is 9.96. The van der Waals surface area contributed by atoms with Gasteiger partial charge >= 0.3 is 0 Å². The maximum Gasteiger partial charge on any atom is 0.239 e. The molecule has 1 heterocycles. The highest BCUT2D eigenvalue weighted by Gasteiger charge is 2.23. The molecule has 1 N–H and O–H groups in total. The standard InChI is InChI=1S/C15H27N3O3/c1-4-18(9-14(20)16-12(2)3)15(21)10-17-7-5-13(11-19)6-8-17/h11-13H,4-10H2,1-3H3,(H,16,20). The molecule has 6 nitrogen and oxygen atoms in total. The van der Waals surface area contributed by atoms with E-state index in [2.05, 4.69) is 10.2 Å². The molecule has 0 saturated carbocycles. The summed E-state index contributed by atoms with van der Waals surface area (Å²) in [7, 11) is 0. The van der Waals surface area contributed by atoms with Crippen LogP contribution in [-0.2, 0) is 14.4 Å². The van der Waals surface area contributed by atoms with E-state index in [4.69, 9.17) is 0 Å². The number of nitrogens with zero attached hydrogens (tertiary/aromatic N) is 2. The van der Waals surface area contributed by atoms with Gasteiger partial charge < -0.3 is 15.0 Å². The van der Waals surface area contributed by atoms with Gasteiger partial charge in [-0.15, -0.1) is 0 Å². The van der Waals surface area contributed by atoms with Gasteiger partial charge in [-0.2, -0.15) is 0 Å². The Morgan fingerprint density at radius 3 is 2.43 bits per heavy atom. The summed E-state index contributed by atoms with van der Waals surface area (Å²) in [4.78, 5) is 38.3. The van der Waals surface area contributed by atoms with Gasteiger partial charge in [0.25, 0.3) is 0 Å². The van der Waals surface area contributed by atoms with Gasteiger partial charge in [-0.1, -0.05) is 0 Å². The molecule has 0 aromatic heterocycles. The quantitative estimate of drug-likeness (QED) is 0.685. The second-order valence-corrected chi connectivity index (χ2v) is 5.88. The molecule has 6 heteroatoms. The first-order valence-electron chi connectivity index (χ1n) is 7.71. The lowest BCUT2D eigenvalue weighted by atomic mass is 9.99. The maximum absolute atomic E-state index is 12.2. The topological polar surface area (TPSA) is 69.7 Å². The van der Waals surface area contributed by atoms with Gasteiger partial charge in [-0.3, -0.25) is 14.5 Å². The van der Waals surface area contributed by atoms with Gasteiger partial charge in [0.05, 0.1) is 13.1 Å². The molecule has 1 aliphatic rings.